The fraction of sp³-hybridized carbons (Fsp3) is 0.889. The molecule has 0 aromatic rings. The number of nitrogens with two attached hydrogens (primary N) is 1. The summed E-state index contributed by atoms with van der Waals surface area (Å²) >= 11 is 0. The molecule has 1 amide bonds. The number of amides is 1. The Kier molecular flexibility index (Phi) is 10.8. The van der Waals surface area contributed by atoms with Crippen LogP contribution in [-0.2, 0) is 4.79 Å². The van der Waals surface area contributed by atoms with Gasteiger partial charge in [-0.2, -0.15) is 22.0 Å². The Morgan fingerprint density at radius 1 is 1.20 bits per heavy atom. The normalized spacial score (nSPS) is 14.9. The molecule has 0 spiro atoms. The van der Waals surface area contributed by atoms with Crippen molar-refractivity contribution in [3.8, 4) is 0 Å². The Bertz CT molecular complexity index is 303. The van der Waals surface area contributed by atoms with Crippen LogP contribution >= 0.6 is 24.8 Å². The first-order valence-corrected chi connectivity index (χ1v) is 5.06. The molecule has 0 aliphatic rings. The molecule has 4 N–H and O–H groups in total. The van der Waals surface area contributed by atoms with E-state index >= 15 is 0 Å². The molecule has 0 aromatic carbocycles. The van der Waals surface area contributed by atoms with Crippen LogP contribution in [0.15, 0.2) is 0 Å². The molecular formula is C9H17Cl2F5N2O2. The van der Waals surface area contributed by atoms with Gasteiger partial charge in [-0.25, -0.2) is 0 Å². The monoisotopic (exact) mass is 350 g/mol. The Morgan fingerprint density at radius 3 is 1.90 bits per heavy atom. The van der Waals surface area contributed by atoms with Crippen molar-refractivity contribution < 1.29 is 31.9 Å². The van der Waals surface area contributed by atoms with Crippen LogP contribution in [0.1, 0.15) is 13.8 Å². The fourth-order valence-electron chi connectivity index (χ4n) is 1.04. The minimum Gasteiger partial charge on any atom is -0.385 e. The number of carbonyl (C=O) groups is 1. The third-order valence-electron chi connectivity index (χ3n) is 2.26. The number of hydrogen-bond acceptors (Lipinski definition) is 3. The highest BCUT2D eigenvalue weighted by Crippen LogP contribution is 2.24. The van der Waals surface area contributed by atoms with Crippen LogP contribution in [0.3, 0.4) is 0 Å². The lowest BCUT2D eigenvalue weighted by Gasteiger charge is -2.28. The van der Waals surface area contributed by atoms with Gasteiger partial charge in [0.1, 0.15) is 12.6 Å². The van der Waals surface area contributed by atoms with E-state index in [4.69, 9.17) is 5.73 Å². The van der Waals surface area contributed by atoms with Crippen molar-refractivity contribution >= 4 is 30.7 Å². The molecule has 0 radical (unpaired) electrons. The molecule has 2 atom stereocenters. The number of alkyl halides is 5. The maximum atomic E-state index is 13.3. The van der Waals surface area contributed by atoms with Crippen molar-refractivity contribution in [3.63, 3.8) is 0 Å². The van der Waals surface area contributed by atoms with E-state index < -0.39 is 42.6 Å². The number of aliphatic hydroxyl groups excluding tert-OH is 1. The Morgan fingerprint density at radius 2 is 1.60 bits per heavy atom. The van der Waals surface area contributed by atoms with Crippen molar-refractivity contribution in [2.45, 2.75) is 38.1 Å². The van der Waals surface area contributed by atoms with Gasteiger partial charge in [-0.1, -0.05) is 13.8 Å². The lowest BCUT2D eigenvalue weighted by atomic mass is 9.95. The minimum absolute atomic E-state index is 0. The van der Waals surface area contributed by atoms with E-state index in [1.54, 1.807) is 0 Å². The summed E-state index contributed by atoms with van der Waals surface area (Å²) in [6, 6.07) is -1.43. The molecule has 11 heteroatoms. The molecule has 0 saturated heterocycles. The van der Waals surface area contributed by atoms with Crippen LogP contribution in [0.2, 0.25) is 0 Å². The molecular weight excluding hydrogens is 334 g/mol. The summed E-state index contributed by atoms with van der Waals surface area (Å²) in [4.78, 5) is 10.9. The molecule has 0 bridgehead atoms. The summed E-state index contributed by atoms with van der Waals surface area (Å²) in [5.74, 6) is -7.15. The highest BCUT2D eigenvalue weighted by atomic mass is 35.5. The van der Waals surface area contributed by atoms with Gasteiger partial charge in [-0.15, -0.1) is 24.8 Å². The number of rotatable bonds is 5. The van der Waals surface area contributed by atoms with Gasteiger partial charge in [0.25, 0.3) is 5.91 Å². The van der Waals surface area contributed by atoms with Crippen LogP contribution in [0.4, 0.5) is 22.0 Å². The van der Waals surface area contributed by atoms with E-state index in [2.05, 4.69) is 0 Å². The van der Waals surface area contributed by atoms with E-state index in [9.17, 15) is 31.9 Å². The topological polar surface area (TPSA) is 75.3 Å². The first-order valence-electron chi connectivity index (χ1n) is 5.06. The second-order valence-electron chi connectivity index (χ2n) is 4.19. The standard InChI is InChI=1S/C9H15F5N2O2.2ClH/c1-4(2)5(15)6(17)9(13,14)7(18)16-3-8(10,11)12;;/h4-6,17H,3,15H2,1-2H3,(H,16,18);2*1H. The number of carbonyl (C=O) groups excluding carboxylic acids is 1. The number of halogens is 7. The van der Waals surface area contributed by atoms with Crippen LogP contribution in [0, 0.1) is 5.92 Å². The summed E-state index contributed by atoms with van der Waals surface area (Å²) in [6.45, 7) is 0.959. The zero-order chi connectivity index (χ0) is 14.7. The van der Waals surface area contributed by atoms with Crippen LogP contribution in [0.5, 0.6) is 0 Å². The molecule has 0 saturated carbocycles. The molecule has 20 heavy (non-hydrogen) atoms. The first kappa shape index (κ1) is 24.6. The summed E-state index contributed by atoms with van der Waals surface area (Å²) in [5, 5.41) is 10.2. The first-order chi connectivity index (χ1) is 7.89. The van der Waals surface area contributed by atoms with Crippen LogP contribution in [0.25, 0.3) is 0 Å². The summed E-state index contributed by atoms with van der Waals surface area (Å²) < 4.78 is 61.8. The van der Waals surface area contributed by atoms with Gasteiger partial charge in [0.2, 0.25) is 0 Å². The maximum absolute atomic E-state index is 13.3. The highest BCUT2D eigenvalue weighted by molar-refractivity contribution is 5.85. The maximum Gasteiger partial charge on any atom is 0.405 e. The summed E-state index contributed by atoms with van der Waals surface area (Å²) in [7, 11) is 0. The highest BCUT2D eigenvalue weighted by Gasteiger charge is 2.50. The second-order valence-corrected chi connectivity index (χ2v) is 4.19. The van der Waals surface area contributed by atoms with Gasteiger partial charge in [0, 0.05) is 6.04 Å². The van der Waals surface area contributed by atoms with Gasteiger partial charge in [0.05, 0.1) is 0 Å². The largest absolute Gasteiger partial charge is 0.405 e. The van der Waals surface area contributed by atoms with Gasteiger partial charge >= 0.3 is 12.1 Å². The van der Waals surface area contributed by atoms with E-state index in [0.717, 1.165) is 5.32 Å². The number of aliphatic hydroxyl groups is 1. The zero-order valence-electron chi connectivity index (χ0n) is 10.6. The van der Waals surface area contributed by atoms with E-state index in [0.29, 0.717) is 0 Å². The predicted molar refractivity (Wildman–Crippen MR) is 67.3 cm³/mol. The lowest BCUT2D eigenvalue weighted by molar-refractivity contribution is -0.173. The third-order valence-corrected chi connectivity index (χ3v) is 2.26. The predicted octanol–water partition coefficient (Wildman–Crippen LogP) is 1.49. The van der Waals surface area contributed by atoms with E-state index in [1.807, 2.05) is 0 Å². The van der Waals surface area contributed by atoms with E-state index in [1.165, 1.54) is 13.8 Å². The number of nitrogens with one attached hydrogen (secondary N) is 1. The third kappa shape index (κ3) is 7.41. The Balaban J connectivity index is -0.00000144. The zero-order valence-corrected chi connectivity index (χ0v) is 12.2. The van der Waals surface area contributed by atoms with Gasteiger partial charge < -0.3 is 16.2 Å². The minimum atomic E-state index is -4.81. The molecule has 0 fully saturated rings. The molecule has 0 aliphatic heterocycles. The van der Waals surface area contributed by atoms with Crippen LogP contribution < -0.4 is 11.1 Å². The quantitative estimate of drug-likeness (QED) is 0.657. The molecule has 124 valence electrons. The van der Waals surface area contributed by atoms with Crippen molar-refractivity contribution in [1.82, 2.24) is 5.32 Å². The lowest BCUT2D eigenvalue weighted by Crippen LogP contribution is -2.57. The van der Waals surface area contributed by atoms with Crippen LogP contribution in [-0.4, -0.2) is 41.8 Å². The van der Waals surface area contributed by atoms with Crippen molar-refractivity contribution in [2.75, 3.05) is 6.54 Å². The summed E-state index contributed by atoms with van der Waals surface area (Å²) in [6.07, 6.45) is -7.36. The average Bonchev–Trinajstić information content (AvgIpc) is 2.22. The molecule has 0 heterocycles. The van der Waals surface area contributed by atoms with Crippen molar-refractivity contribution in [2.24, 2.45) is 11.7 Å². The molecule has 0 aromatic heterocycles. The molecule has 2 unspecified atom stereocenters. The Hall–Kier alpha value is -0.380. The second kappa shape index (κ2) is 8.81. The van der Waals surface area contributed by atoms with Crippen molar-refractivity contribution in [3.05, 3.63) is 0 Å². The molecule has 4 nitrogen and oxygen atoms in total. The summed E-state index contributed by atoms with van der Waals surface area (Å²) in [5.41, 5.74) is 5.23. The average molecular weight is 351 g/mol. The fourth-order valence-corrected chi connectivity index (χ4v) is 1.04. The van der Waals surface area contributed by atoms with Gasteiger partial charge in [-0.05, 0) is 5.92 Å². The smallest absolute Gasteiger partial charge is 0.385 e. The molecule has 0 rings (SSSR count). The van der Waals surface area contributed by atoms with Gasteiger partial charge in [-0.3, -0.25) is 4.79 Å². The number of hydrogen-bond donors (Lipinski definition) is 3. The van der Waals surface area contributed by atoms with Gasteiger partial charge in [0.15, 0.2) is 0 Å². The van der Waals surface area contributed by atoms with E-state index in [-0.39, 0.29) is 24.8 Å². The molecule has 0 aliphatic carbocycles. The SMILES string of the molecule is CC(C)C(N)C(O)C(F)(F)C(=O)NCC(F)(F)F.Cl.Cl. The Labute approximate surface area is 125 Å². The van der Waals surface area contributed by atoms with Crippen molar-refractivity contribution in [1.29, 1.82) is 0 Å².